The van der Waals surface area contributed by atoms with E-state index in [-0.39, 0.29) is 17.6 Å². The maximum absolute atomic E-state index is 14.4. The van der Waals surface area contributed by atoms with Gasteiger partial charge in [-0.3, -0.25) is 9.59 Å². The van der Waals surface area contributed by atoms with Crippen LogP contribution in [-0.2, 0) is 11.2 Å². The molecule has 3 aromatic carbocycles. The summed E-state index contributed by atoms with van der Waals surface area (Å²) in [5, 5.41) is 0. The number of methoxy groups -OCH3 is 2. The second-order valence-corrected chi connectivity index (χ2v) is 9.93. The van der Waals surface area contributed by atoms with Crippen molar-refractivity contribution in [3.63, 3.8) is 0 Å². The number of rotatable bonds is 4. The van der Waals surface area contributed by atoms with E-state index in [1.54, 1.807) is 31.4 Å². The molecule has 6 rings (SSSR count). The van der Waals surface area contributed by atoms with Crippen molar-refractivity contribution in [1.82, 2.24) is 9.80 Å². The van der Waals surface area contributed by atoms with Gasteiger partial charge in [0.25, 0.3) is 5.91 Å². The number of para-hydroxylation sites is 1. The molecule has 8 heteroatoms. The number of amides is 2. The molecule has 3 heterocycles. The van der Waals surface area contributed by atoms with Gasteiger partial charge in [-0.25, -0.2) is 4.39 Å². The van der Waals surface area contributed by atoms with E-state index in [2.05, 4.69) is 6.07 Å². The molecule has 196 valence electrons. The lowest BCUT2D eigenvalue weighted by atomic mass is 9.75. The molecular formula is C30H30FN3O4. The lowest BCUT2D eigenvalue weighted by molar-refractivity contribution is -0.135. The third kappa shape index (κ3) is 3.86. The maximum atomic E-state index is 14.4. The van der Waals surface area contributed by atoms with Crippen molar-refractivity contribution in [2.75, 3.05) is 51.8 Å². The monoisotopic (exact) mass is 515 g/mol. The Morgan fingerprint density at radius 2 is 1.55 bits per heavy atom. The first-order valence-electron chi connectivity index (χ1n) is 12.9. The summed E-state index contributed by atoms with van der Waals surface area (Å²) in [6, 6.07) is 17.9. The van der Waals surface area contributed by atoms with Crippen molar-refractivity contribution < 1.29 is 23.5 Å². The van der Waals surface area contributed by atoms with Gasteiger partial charge in [0.05, 0.1) is 31.9 Å². The molecule has 0 unspecified atom stereocenters. The second-order valence-electron chi connectivity index (χ2n) is 9.93. The highest BCUT2D eigenvalue weighted by molar-refractivity contribution is 6.02. The standard InChI is InChI=1S/C30H30FN3O4/c1-37-25-17-21-22(18-26(25)38-2)29(35)34-12-11-19-7-3-4-8-20(19)28(34)27(21)30(36)33-15-13-32(14-16-33)24-10-6-5-9-23(24)31/h3-10,17-18,27-28H,11-16H2,1-2H3/t27-,28+/m1/s1. The summed E-state index contributed by atoms with van der Waals surface area (Å²) in [7, 11) is 3.09. The fourth-order valence-electron chi connectivity index (χ4n) is 6.19. The van der Waals surface area contributed by atoms with Crippen LogP contribution in [-0.4, -0.2) is 68.6 Å². The fraction of sp³-hybridized carbons (Fsp3) is 0.333. The average molecular weight is 516 g/mol. The summed E-state index contributed by atoms with van der Waals surface area (Å²) < 4.78 is 25.5. The molecule has 2 atom stereocenters. The fourth-order valence-corrected chi connectivity index (χ4v) is 6.19. The molecule has 38 heavy (non-hydrogen) atoms. The van der Waals surface area contributed by atoms with Crippen LogP contribution in [0, 0.1) is 5.82 Å². The van der Waals surface area contributed by atoms with Crippen molar-refractivity contribution in [3.05, 3.63) is 88.7 Å². The molecule has 0 aromatic heterocycles. The molecule has 0 saturated carbocycles. The Hall–Kier alpha value is -4.07. The number of benzene rings is 3. The predicted octanol–water partition coefficient (Wildman–Crippen LogP) is 4.03. The number of piperazine rings is 1. The minimum absolute atomic E-state index is 0.0362. The summed E-state index contributed by atoms with van der Waals surface area (Å²) in [6.45, 7) is 2.53. The minimum atomic E-state index is -0.594. The van der Waals surface area contributed by atoms with Gasteiger partial charge in [-0.05, 0) is 47.4 Å². The average Bonchev–Trinajstić information content (AvgIpc) is 2.96. The molecule has 1 saturated heterocycles. The Balaban J connectivity index is 1.39. The van der Waals surface area contributed by atoms with E-state index in [4.69, 9.17) is 9.47 Å². The van der Waals surface area contributed by atoms with E-state index in [0.717, 1.165) is 17.5 Å². The molecule has 3 aromatic rings. The molecule has 0 radical (unpaired) electrons. The van der Waals surface area contributed by atoms with Gasteiger partial charge in [-0.2, -0.15) is 0 Å². The Labute approximate surface area is 221 Å². The summed E-state index contributed by atoms with van der Waals surface area (Å²) in [6.07, 6.45) is 0.739. The first kappa shape index (κ1) is 24.3. The van der Waals surface area contributed by atoms with Gasteiger partial charge in [0.15, 0.2) is 11.5 Å². The quantitative estimate of drug-likeness (QED) is 0.525. The van der Waals surface area contributed by atoms with Crippen molar-refractivity contribution >= 4 is 17.5 Å². The summed E-state index contributed by atoms with van der Waals surface area (Å²) in [5.41, 5.74) is 3.86. The van der Waals surface area contributed by atoms with Crippen LogP contribution in [0.25, 0.3) is 0 Å². The SMILES string of the molecule is COc1cc2c(cc1OC)[C@@H](C(=O)N1CCN(c3ccccc3F)CC1)[C@@H]1c3ccccc3CCN1C2=O. The summed E-state index contributed by atoms with van der Waals surface area (Å²) >= 11 is 0. The van der Waals surface area contributed by atoms with Gasteiger partial charge in [0, 0.05) is 38.3 Å². The van der Waals surface area contributed by atoms with Crippen molar-refractivity contribution in [2.24, 2.45) is 0 Å². The molecule has 0 aliphatic carbocycles. The number of fused-ring (bicyclic) bond motifs is 4. The van der Waals surface area contributed by atoms with Crippen LogP contribution in [0.15, 0.2) is 60.7 Å². The topological polar surface area (TPSA) is 62.3 Å². The third-order valence-corrected chi connectivity index (χ3v) is 8.08. The van der Waals surface area contributed by atoms with E-state index in [1.807, 2.05) is 39.0 Å². The zero-order valence-electron chi connectivity index (χ0n) is 21.5. The van der Waals surface area contributed by atoms with Crippen LogP contribution in [0.5, 0.6) is 11.5 Å². The predicted molar refractivity (Wildman–Crippen MR) is 141 cm³/mol. The lowest BCUT2D eigenvalue weighted by Gasteiger charge is -2.47. The van der Waals surface area contributed by atoms with Crippen LogP contribution in [0.3, 0.4) is 0 Å². The van der Waals surface area contributed by atoms with Crippen LogP contribution in [0.1, 0.15) is 39.0 Å². The number of halogens is 1. The highest BCUT2D eigenvalue weighted by Gasteiger charge is 2.48. The molecule has 7 nitrogen and oxygen atoms in total. The van der Waals surface area contributed by atoms with E-state index in [0.29, 0.717) is 61.0 Å². The van der Waals surface area contributed by atoms with E-state index >= 15 is 0 Å². The first-order chi connectivity index (χ1) is 18.5. The lowest BCUT2D eigenvalue weighted by Crippen LogP contribution is -2.54. The number of carbonyl (C=O) groups excluding carboxylic acids is 2. The molecule has 1 fully saturated rings. The second kappa shape index (κ2) is 9.67. The first-order valence-corrected chi connectivity index (χ1v) is 12.9. The van der Waals surface area contributed by atoms with Gasteiger partial charge < -0.3 is 24.2 Å². The zero-order chi connectivity index (χ0) is 26.4. The molecule has 0 N–H and O–H groups in total. The Morgan fingerprint density at radius 1 is 0.868 bits per heavy atom. The Bertz CT molecular complexity index is 1400. The Kier molecular flexibility index (Phi) is 6.18. The molecule has 0 bridgehead atoms. The molecule has 3 aliphatic rings. The van der Waals surface area contributed by atoms with Crippen molar-refractivity contribution in [2.45, 2.75) is 18.4 Å². The number of nitrogens with zero attached hydrogens (tertiary/aromatic N) is 3. The van der Waals surface area contributed by atoms with Gasteiger partial charge >= 0.3 is 0 Å². The highest BCUT2D eigenvalue weighted by atomic mass is 19.1. The van der Waals surface area contributed by atoms with Gasteiger partial charge in [-0.1, -0.05) is 36.4 Å². The molecule has 0 spiro atoms. The molecular weight excluding hydrogens is 485 g/mol. The van der Waals surface area contributed by atoms with E-state index < -0.39 is 12.0 Å². The number of hydrogen-bond donors (Lipinski definition) is 0. The Morgan fingerprint density at radius 3 is 2.29 bits per heavy atom. The molecule has 3 aliphatic heterocycles. The highest BCUT2D eigenvalue weighted by Crippen LogP contribution is 2.49. The van der Waals surface area contributed by atoms with Crippen LogP contribution >= 0.6 is 0 Å². The third-order valence-electron chi connectivity index (χ3n) is 8.08. The molecule has 2 amide bonds. The number of hydrogen-bond acceptors (Lipinski definition) is 5. The van der Waals surface area contributed by atoms with Crippen molar-refractivity contribution in [1.29, 1.82) is 0 Å². The number of carbonyl (C=O) groups is 2. The van der Waals surface area contributed by atoms with Crippen LogP contribution < -0.4 is 14.4 Å². The van der Waals surface area contributed by atoms with E-state index in [1.165, 1.54) is 13.2 Å². The van der Waals surface area contributed by atoms with Gasteiger partial charge in [-0.15, -0.1) is 0 Å². The minimum Gasteiger partial charge on any atom is -0.493 e. The van der Waals surface area contributed by atoms with Gasteiger partial charge in [0.2, 0.25) is 5.91 Å². The van der Waals surface area contributed by atoms with E-state index in [9.17, 15) is 14.0 Å². The maximum Gasteiger partial charge on any atom is 0.254 e. The van der Waals surface area contributed by atoms with Crippen molar-refractivity contribution in [3.8, 4) is 11.5 Å². The number of ether oxygens (including phenoxy) is 2. The van der Waals surface area contributed by atoms with Gasteiger partial charge in [0.1, 0.15) is 5.82 Å². The smallest absolute Gasteiger partial charge is 0.254 e. The summed E-state index contributed by atoms with van der Waals surface area (Å²) in [5.74, 6) is -0.0508. The normalized spacial score (nSPS) is 20.4. The number of anilines is 1. The summed E-state index contributed by atoms with van der Waals surface area (Å²) in [4.78, 5) is 33.8. The largest absolute Gasteiger partial charge is 0.493 e. The van der Waals surface area contributed by atoms with Crippen LogP contribution in [0.4, 0.5) is 10.1 Å². The van der Waals surface area contributed by atoms with Crippen LogP contribution in [0.2, 0.25) is 0 Å². The zero-order valence-corrected chi connectivity index (χ0v) is 21.5.